The Hall–Kier alpha value is -1.36. The van der Waals surface area contributed by atoms with Crippen LogP contribution in [0.2, 0.25) is 0 Å². The normalized spacial score (nSPS) is 14.8. The van der Waals surface area contributed by atoms with Crippen molar-refractivity contribution in [2.75, 3.05) is 18.5 Å². The summed E-state index contributed by atoms with van der Waals surface area (Å²) in [6.07, 6.45) is 2.86. The molecule has 0 atom stereocenters. The van der Waals surface area contributed by atoms with Gasteiger partial charge in [0.2, 0.25) is 0 Å². The van der Waals surface area contributed by atoms with E-state index in [1.807, 2.05) is 13.0 Å². The molecule has 5 heteroatoms. The van der Waals surface area contributed by atoms with Crippen molar-refractivity contribution in [1.29, 1.82) is 0 Å². The van der Waals surface area contributed by atoms with E-state index in [0.29, 0.717) is 17.9 Å². The number of amides is 2. The van der Waals surface area contributed by atoms with Crippen molar-refractivity contribution < 1.29 is 14.3 Å². The number of alkyl halides is 1. The van der Waals surface area contributed by atoms with Gasteiger partial charge in [-0.05, 0) is 37.5 Å². The van der Waals surface area contributed by atoms with E-state index in [2.05, 4.69) is 15.9 Å². The summed E-state index contributed by atoms with van der Waals surface area (Å²) in [6.45, 7) is 2.32. The second kappa shape index (κ2) is 6.88. The zero-order chi connectivity index (χ0) is 14.5. The third-order valence-electron chi connectivity index (χ3n) is 3.28. The van der Waals surface area contributed by atoms with Crippen LogP contribution >= 0.6 is 15.9 Å². The molecule has 1 aliphatic rings. The molecule has 0 radical (unpaired) electrons. The highest BCUT2D eigenvalue weighted by Gasteiger charge is 2.28. The quantitative estimate of drug-likeness (QED) is 0.470. The molecule has 1 aliphatic heterocycles. The van der Waals surface area contributed by atoms with Gasteiger partial charge in [-0.3, -0.25) is 14.5 Å². The fourth-order valence-electron chi connectivity index (χ4n) is 2.17. The molecule has 108 valence electrons. The van der Waals surface area contributed by atoms with Crippen LogP contribution in [0.15, 0.2) is 18.2 Å². The first-order chi connectivity index (χ1) is 9.63. The molecular weight excluding hydrogens is 322 g/mol. The molecule has 4 nitrogen and oxygen atoms in total. The van der Waals surface area contributed by atoms with E-state index in [-0.39, 0.29) is 18.4 Å². The lowest BCUT2D eigenvalue weighted by Crippen LogP contribution is -2.38. The molecule has 0 aliphatic carbocycles. The van der Waals surface area contributed by atoms with E-state index in [9.17, 15) is 9.59 Å². The van der Waals surface area contributed by atoms with E-state index >= 15 is 0 Å². The summed E-state index contributed by atoms with van der Waals surface area (Å²) in [5, 5.41) is 0.945. The number of aryl methyl sites for hydroxylation is 1. The zero-order valence-corrected chi connectivity index (χ0v) is 13.1. The lowest BCUT2D eigenvalue weighted by atomic mass is 10.1. The molecule has 1 aromatic carbocycles. The lowest BCUT2D eigenvalue weighted by molar-refractivity contribution is -0.130. The van der Waals surface area contributed by atoms with Crippen molar-refractivity contribution in [2.45, 2.75) is 26.2 Å². The number of unbranched alkanes of at least 4 members (excludes halogenated alkanes) is 2. The standard InChI is InChI=1S/C15H18BrNO3/c1-11-5-6-12-13(9-11)20-10-14(18)17(15(12)19)8-4-2-3-7-16/h5-6,9H,2-4,7-8,10H2,1H3. The van der Waals surface area contributed by atoms with Gasteiger partial charge in [0, 0.05) is 11.9 Å². The molecule has 0 saturated carbocycles. The maximum absolute atomic E-state index is 12.4. The minimum Gasteiger partial charge on any atom is -0.483 e. The molecule has 1 aromatic rings. The monoisotopic (exact) mass is 339 g/mol. The number of imide groups is 1. The molecule has 0 aromatic heterocycles. The van der Waals surface area contributed by atoms with Crippen molar-refractivity contribution >= 4 is 27.7 Å². The minimum atomic E-state index is -0.261. The number of ether oxygens (including phenoxy) is 1. The van der Waals surface area contributed by atoms with Gasteiger partial charge in [0.25, 0.3) is 11.8 Å². The van der Waals surface area contributed by atoms with Crippen LogP contribution in [0.1, 0.15) is 35.2 Å². The number of rotatable bonds is 5. The first-order valence-electron chi connectivity index (χ1n) is 6.77. The number of carbonyl (C=O) groups excluding carboxylic acids is 2. The van der Waals surface area contributed by atoms with Gasteiger partial charge in [-0.1, -0.05) is 28.4 Å². The topological polar surface area (TPSA) is 46.6 Å². The van der Waals surface area contributed by atoms with Gasteiger partial charge in [0.05, 0.1) is 5.56 Å². The molecule has 1 heterocycles. The molecule has 2 rings (SSSR count). The van der Waals surface area contributed by atoms with Crippen molar-refractivity contribution in [3.05, 3.63) is 29.3 Å². The third kappa shape index (κ3) is 3.39. The van der Waals surface area contributed by atoms with Gasteiger partial charge in [-0.25, -0.2) is 0 Å². The number of carbonyl (C=O) groups is 2. The summed E-state index contributed by atoms with van der Waals surface area (Å²) in [6, 6.07) is 5.39. The van der Waals surface area contributed by atoms with Crippen LogP contribution in [0.3, 0.4) is 0 Å². The van der Waals surface area contributed by atoms with Crippen molar-refractivity contribution in [1.82, 2.24) is 4.90 Å². The van der Waals surface area contributed by atoms with Gasteiger partial charge < -0.3 is 4.74 Å². The van der Waals surface area contributed by atoms with Gasteiger partial charge in [-0.2, -0.15) is 0 Å². The molecule has 2 amide bonds. The Labute approximate surface area is 127 Å². The Morgan fingerprint density at radius 2 is 2.05 bits per heavy atom. The molecular formula is C15H18BrNO3. The highest BCUT2D eigenvalue weighted by Crippen LogP contribution is 2.25. The van der Waals surface area contributed by atoms with Crippen LogP contribution in [0.4, 0.5) is 0 Å². The van der Waals surface area contributed by atoms with E-state index < -0.39 is 0 Å². The van der Waals surface area contributed by atoms with Crippen molar-refractivity contribution in [3.8, 4) is 5.75 Å². The molecule has 0 unspecified atom stereocenters. The Morgan fingerprint density at radius 1 is 1.25 bits per heavy atom. The first-order valence-corrected chi connectivity index (χ1v) is 7.89. The SMILES string of the molecule is Cc1ccc2c(c1)OCC(=O)N(CCCCCBr)C2=O. The van der Waals surface area contributed by atoms with E-state index in [0.717, 1.165) is 30.2 Å². The van der Waals surface area contributed by atoms with Crippen molar-refractivity contribution in [2.24, 2.45) is 0 Å². The van der Waals surface area contributed by atoms with E-state index in [1.54, 1.807) is 12.1 Å². The second-order valence-corrected chi connectivity index (χ2v) is 5.68. The number of nitrogens with zero attached hydrogens (tertiary/aromatic N) is 1. The van der Waals surface area contributed by atoms with Crippen LogP contribution in [0.25, 0.3) is 0 Å². The Morgan fingerprint density at radius 3 is 2.80 bits per heavy atom. The van der Waals surface area contributed by atoms with Gasteiger partial charge in [-0.15, -0.1) is 0 Å². The molecule has 0 N–H and O–H groups in total. The zero-order valence-electron chi connectivity index (χ0n) is 11.5. The van der Waals surface area contributed by atoms with Gasteiger partial charge in [0.1, 0.15) is 5.75 Å². The van der Waals surface area contributed by atoms with E-state index in [4.69, 9.17) is 4.74 Å². The average Bonchev–Trinajstić information content (AvgIpc) is 2.54. The molecule has 0 spiro atoms. The average molecular weight is 340 g/mol. The third-order valence-corrected chi connectivity index (χ3v) is 3.84. The van der Waals surface area contributed by atoms with Crippen LogP contribution in [-0.2, 0) is 4.79 Å². The molecule has 20 heavy (non-hydrogen) atoms. The molecule has 0 fully saturated rings. The fraction of sp³-hybridized carbons (Fsp3) is 0.467. The maximum atomic E-state index is 12.4. The predicted molar refractivity (Wildman–Crippen MR) is 80.4 cm³/mol. The largest absolute Gasteiger partial charge is 0.483 e. The minimum absolute atomic E-state index is 0.0688. The highest BCUT2D eigenvalue weighted by molar-refractivity contribution is 9.09. The van der Waals surface area contributed by atoms with Crippen LogP contribution in [0, 0.1) is 6.92 Å². The summed E-state index contributed by atoms with van der Waals surface area (Å²) >= 11 is 3.37. The second-order valence-electron chi connectivity index (χ2n) is 4.89. The predicted octanol–water partition coefficient (Wildman–Crippen LogP) is 2.92. The summed E-state index contributed by atoms with van der Waals surface area (Å²) in [7, 11) is 0. The maximum Gasteiger partial charge on any atom is 0.267 e. The summed E-state index contributed by atoms with van der Waals surface area (Å²) in [5.41, 5.74) is 1.48. The Bertz CT molecular complexity index is 516. The highest BCUT2D eigenvalue weighted by atomic mass is 79.9. The van der Waals surface area contributed by atoms with Gasteiger partial charge in [0.15, 0.2) is 6.61 Å². The summed E-state index contributed by atoms with van der Waals surface area (Å²) < 4.78 is 5.45. The number of benzene rings is 1. The first kappa shape index (κ1) is 15.0. The molecule has 0 bridgehead atoms. The number of hydrogen-bond donors (Lipinski definition) is 0. The van der Waals surface area contributed by atoms with E-state index in [1.165, 1.54) is 4.90 Å². The summed E-state index contributed by atoms with van der Waals surface area (Å²) in [4.78, 5) is 25.8. The molecule has 0 saturated heterocycles. The smallest absolute Gasteiger partial charge is 0.267 e. The fourth-order valence-corrected chi connectivity index (χ4v) is 2.57. The number of hydrogen-bond acceptors (Lipinski definition) is 3. The van der Waals surface area contributed by atoms with Crippen LogP contribution < -0.4 is 4.74 Å². The van der Waals surface area contributed by atoms with Crippen LogP contribution in [0.5, 0.6) is 5.75 Å². The Kier molecular flexibility index (Phi) is 5.17. The Balaban J connectivity index is 2.14. The number of halogens is 1. The van der Waals surface area contributed by atoms with Crippen molar-refractivity contribution in [3.63, 3.8) is 0 Å². The summed E-state index contributed by atoms with van der Waals surface area (Å²) in [5.74, 6) is -0.00431. The van der Waals surface area contributed by atoms with Crippen LogP contribution in [-0.4, -0.2) is 35.2 Å². The number of fused-ring (bicyclic) bond motifs is 1. The lowest BCUT2D eigenvalue weighted by Gasteiger charge is -2.17. The van der Waals surface area contributed by atoms with Gasteiger partial charge >= 0.3 is 0 Å².